The molecule has 0 radical (unpaired) electrons. The quantitative estimate of drug-likeness (QED) is 0.826. The molecule has 0 aromatic carbocycles. The second-order valence-electron chi connectivity index (χ2n) is 5.88. The van der Waals surface area contributed by atoms with Crippen LogP contribution in [0.2, 0.25) is 0 Å². The lowest BCUT2D eigenvalue weighted by atomic mass is 10.1. The van der Waals surface area contributed by atoms with Gasteiger partial charge in [0.05, 0.1) is 10.5 Å². The van der Waals surface area contributed by atoms with Crippen LogP contribution in [0.4, 0.5) is 0 Å². The summed E-state index contributed by atoms with van der Waals surface area (Å²) in [5, 5.41) is 3.27. The highest BCUT2D eigenvalue weighted by molar-refractivity contribution is 7.92. The molecule has 1 saturated carbocycles. The van der Waals surface area contributed by atoms with Crippen molar-refractivity contribution >= 4 is 9.84 Å². The van der Waals surface area contributed by atoms with E-state index in [9.17, 15) is 8.42 Å². The highest BCUT2D eigenvalue weighted by Gasteiger charge is 2.31. The maximum Gasteiger partial charge on any atom is 0.155 e. The molecular weight excluding hydrogens is 222 g/mol. The summed E-state index contributed by atoms with van der Waals surface area (Å²) in [6.07, 6.45) is 4.33. The van der Waals surface area contributed by atoms with Gasteiger partial charge in [-0.15, -0.1) is 0 Å². The minimum atomic E-state index is -2.93. The molecule has 0 aliphatic heterocycles. The minimum absolute atomic E-state index is 0.345. The molecule has 1 aliphatic carbocycles. The molecule has 1 fully saturated rings. The second-order valence-corrected chi connectivity index (χ2v) is 8.75. The Kier molecular flexibility index (Phi) is 4.41. The normalized spacial score (nSPS) is 27.2. The summed E-state index contributed by atoms with van der Waals surface area (Å²) in [6, 6.07) is 0.599. The summed E-state index contributed by atoms with van der Waals surface area (Å²) < 4.78 is 23.3. The van der Waals surface area contributed by atoms with Crippen molar-refractivity contribution in [2.45, 2.75) is 57.2 Å². The molecule has 0 saturated heterocycles. The van der Waals surface area contributed by atoms with Crippen LogP contribution in [-0.2, 0) is 9.84 Å². The summed E-state index contributed by atoms with van der Waals surface area (Å²) in [5.74, 6) is 0.937. The lowest BCUT2D eigenvalue weighted by molar-refractivity contribution is 0.490. The van der Waals surface area contributed by atoms with Crippen LogP contribution >= 0.6 is 0 Å². The smallest absolute Gasteiger partial charge is 0.155 e. The zero-order chi connectivity index (χ0) is 12.4. The van der Waals surface area contributed by atoms with Gasteiger partial charge in [0.2, 0.25) is 0 Å². The summed E-state index contributed by atoms with van der Waals surface area (Å²) in [6.45, 7) is 5.36. The van der Waals surface area contributed by atoms with Gasteiger partial charge in [-0.3, -0.25) is 0 Å². The van der Waals surface area contributed by atoms with Gasteiger partial charge < -0.3 is 5.32 Å². The first-order valence-corrected chi connectivity index (χ1v) is 7.81. The number of hydrogen-bond acceptors (Lipinski definition) is 3. The zero-order valence-electron chi connectivity index (χ0n) is 10.9. The SMILES string of the molecule is CNC1CCC(CCS(=O)(=O)C(C)(C)C)C1. The lowest BCUT2D eigenvalue weighted by Crippen LogP contribution is -2.31. The monoisotopic (exact) mass is 247 g/mol. The van der Waals surface area contributed by atoms with Crippen LogP contribution in [0.25, 0.3) is 0 Å². The Bertz CT molecular complexity index is 316. The standard InChI is InChI=1S/C12H25NO2S/c1-12(2,3)16(14,15)8-7-10-5-6-11(9-10)13-4/h10-11,13H,5-9H2,1-4H3. The van der Waals surface area contributed by atoms with Crippen molar-refractivity contribution in [3.05, 3.63) is 0 Å². The van der Waals surface area contributed by atoms with E-state index in [4.69, 9.17) is 0 Å². The lowest BCUT2D eigenvalue weighted by Gasteiger charge is -2.20. The van der Waals surface area contributed by atoms with Gasteiger partial charge >= 0.3 is 0 Å². The van der Waals surface area contributed by atoms with E-state index in [1.54, 1.807) is 20.8 Å². The third-order valence-corrected chi connectivity index (χ3v) is 6.32. The molecule has 4 heteroatoms. The van der Waals surface area contributed by atoms with Crippen molar-refractivity contribution < 1.29 is 8.42 Å². The Morgan fingerprint density at radius 2 is 1.88 bits per heavy atom. The van der Waals surface area contributed by atoms with Crippen LogP contribution in [-0.4, -0.2) is 32.0 Å². The largest absolute Gasteiger partial charge is 0.317 e. The van der Waals surface area contributed by atoms with E-state index in [0.29, 0.717) is 17.7 Å². The molecule has 0 amide bonds. The molecule has 0 aromatic rings. The number of hydrogen-bond donors (Lipinski definition) is 1. The fourth-order valence-electron chi connectivity index (χ4n) is 2.23. The Balaban J connectivity index is 2.42. The first-order chi connectivity index (χ1) is 7.26. The van der Waals surface area contributed by atoms with E-state index in [1.165, 1.54) is 12.8 Å². The molecule has 1 rings (SSSR count). The predicted molar refractivity (Wildman–Crippen MR) is 68.3 cm³/mol. The van der Waals surface area contributed by atoms with Crippen LogP contribution < -0.4 is 5.32 Å². The second kappa shape index (κ2) is 5.05. The Hall–Kier alpha value is -0.0900. The summed E-state index contributed by atoms with van der Waals surface area (Å²) >= 11 is 0. The minimum Gasteiger partial charge on any atom is -0.317 e. The van der Waals surface area contributed by atoms with Gasteiger partial charge in [0.15, 0.2) is 9.84 Å². The molecule has 2 unspecified atom stereocenters. The van der Waals surface area contributed by atoms with Crippen LogP contribution in [0, 0.1) is 5.92 Å². The fraction of sp³-hybridized carbons (Fsp3) is 1.00. The van der Waals surface area contributed by atoms with Gasteiger partial charge in [-0.05, 0) is 59.4 Å². The maximum atomic E-state index is 11.9. The van der Waals surface area contributed by atoms with E-state index < -0.39 is 14.6 Å². The van der Waals surface area contributed by atoms with Gasteiger partial charge in [-0.25, -0.2) is 8.42 Å². The van der Waals surface area contributed by atoms with Crippen molar-refractivity contribution in [2.75, 3.05) is 12.8 Å². The highest BCUT2D eigenvalue weighted by Crippen LogP contribution is 2.29. The molecule has 0 spiro atoms. The molecule has 1 N–H and O–H groups in total. The van der Waals surface area contributed by atoms with Crippen LogP contribution in [0.15, 0.2) is 0 Å². The van der Waals surface area contributed by atoms with Crippen molar-refractivity contribution in [3.8, 4) is 0 Å². The third-order valence-electron chi connectivity index (χ3n) is 3.68. The van der Waals surface area contributed by atoms with Crippen LogP contribution in [0.1, 0.15) is 46.5 Å². The fourth-order valence-corrected chi connectivity index (χ4v) is 3.48. The first kappa shape index (κ1) is 14.0. The molecule has 96 valence electrons. The van der Waals surface area contributed by atoms with Gasteiger partial charge in [-0.1, -0.05) is 0 Å². The molecule has 16 heavy (non-hydrogen) atoms. The summed E-state index contributed by atoms with van der Waals surface area (Å²) in [5.41, 5.74) is 0. The van der Waals surface area contributed by atoms with Gasteiger partial charge in [0.25, 0.3) is 0 Å². The summed E-state index contributed by atoms with van der Waals surface area (Å²) in [4.78, 5) is 0. The van der Waals surface area contributed by atoms with Crippen LogP contribution in [0.3, 0.4) is 0 Å². The van der Waals surface area contributed by atoms with Crippen molar-refractivity contribution in [3.63, 3.8) is 0 Å². The number of rotatable bonds is 4. The third kappa shape index (κ3) is 3.45. The topological polar surface area (TPSA) is 46.2 Å². The molecule has 3 nitrogen and oxygen atoms in total. The molecule has 2 atom stereocenters. The molecular formula is C12H25NO2S. The molecule has 0 heterocycles. The molecule has 0 bridgehead atoms. The van der Waals surface area contributed by atoms with Crippen molar-refractivity contribution in [2.24, 2.45) is 5.92 Å². The van der Waals surface area contributed by atoms with Gasteiger partial charge in [-0.2, -0.15) is 0 Å². The van der Waals surface area contributed by atoms with Crippen LogP contribution in [0.5, 0.6) is 0 Å². The van der Waals surface area contributed by atoms with Gasteiger partial charge in [0, 0.05) is 6.04 Å². The van der Waals surface area contributed by atoms with Crippen molar-refractivity contribution in [1.82, 2.24) is 5.32 Å². The number of sulfone groups is 1. The van der Waals surface area contributed by atoms with E-state index in [0.717, 1.165) is 12.8 Å². The van der Waals surface area contributed by atoms with E-state index >= 15 is 0 Å². The van der Waals surface area contributed by atoms with Gasteiger partial charge in [0.1, 0.15) is 0 Å². The average Bonchev–Trinajstić information content (AvgIpc) is 2.60. The first-order valence-electron chi connectivity index (χ1n) is 6.16. The number of nitrogens with one attached hydrogen (secondary N) is 1. The summed E-state index contributed by atoms with van der Waals surface area (Å²) in [7, 11) is -0.945. The zero-order valence-corrected chi connectivity index (χ0v) is 11.7. The maximum absolute atomic E-state index is 11.9. The predicted octanol–water partition coefficient (Wildman–Crippen LogP) is 1.98. The molecule has 1 aliphatic rings. The van der Waals surface area contributed by atoms with E-state index in [2.05, 4.69) is 5.32 Å². The average molecular weight is 247 g/mol. The van der Waals surface area contributed by atoms with E-state index in [-0.39, 0.29) is 0 Å². The van der Waals surface area contributed by atoms with Crippen molar-refractivity contribution in [1.29, 1.82) is 0 Å². The Morgan fingerprint density at radius 1 is 1.25 bits per heavy atom. The molecule has 0 aromatic heterocycles. The highest BCUT2D eigenvalue weighted by atomic mass is 32.2. The van der Waals surface area contributed by atoms with E-state index in [1.807, 2.05) is 7.05 Å². The Morgan fingerprint density at radius 3 is 2.31 bits per heavy atom. The Labute approximate surface area is 99.9 Å².